The maximum atomic E-state index is 13.2. The molecule has 0 amide bonds. The van der Waals surface area contributed by atoms with Crippen molar-refractivity contribution in [2.75, 3.05) is 20.8 Å². The molecule has 0 saturated carbocycles. The molecule has 0 aromatic heterocycles. The first-order valence-corrected chi connectivity index (χ1v) is 9.33. The van der Waals surface area contributed by atoms with Crippen LogP contribution >= 0.6 is 0 Å². The summed E-state index contributed by atoms with van der Waals surface area (Å²) >= 11 is 0. The van der Waals surface area contributed by atoms with Crippen LogP contribution in [0.4, 0.5) is 10.1 Å². The summed E-state index contributed by atoms with van der Waals surface area (Å²) in [6.45, 7) is 1.40. The number of hydrogen-bond donors (Lipinski definition) is 1. The zero-order valence-corrected chi connectivity index (χ0v) is 15.8. The van der Waals surface area contributed by atoms with Crippen LogP contribution in [-0.4, -0.2) is 34.1 Å². The van der Waals surface area contributed by atoms with E-state index >= 15 is 0 Å². The molecule has 0 aliphatic heterocycles. The molecule has 1 N–H and O–H groups in total. The maximum absolute atomic E-state index is 13.2. The van der Waals surface area contributed by atoms with Crippen LogP contribution in [0.2, 0.25) is 0 Å². The van der Waals surface area contributed by atoms with Crippen molar-refractivity contribution in [2.45, 2.75) is 18.2 Å². The summed E-state index contributed by atoms with van der Waals surface area (Å²) in [6, 6.07) is 6.02. The maximum Gasteiger partial charge on any atom is 0.276 e. The molecule has 0 saturated heterocycles. The Morgan fingerprint density at radius 1 is 1.15 bits per heavy atom. The van der Waals surface area contributed by atoms with Crippen LogP contribution in [0.25, 0.3) is 0 Å². The van der Waals surface area contributed by atoms with Crippen LogP contribution < -0.4 is 14.2 Å². The standard InChI is InChI=1S/C17H19FN2O6S/c1-11-8-13(18)4-5-17(11)27(23,24)19-7-6-12-9-15(25-2)16(26-3)10-14(12)20(21)22/h4-5,8-10,19H,6-7H2,1-3H3. The SMILES string of the molecule is COc1cc(CCNS(=O)(=O)c2ccc(F)cc2C)c([N+](=O)[O-])cc1OC. The zero-order chi connectivity index (χ0) is 20.2. The first-order chi connectivity index (χ1) is 12.7. The monoisotopic (exact) mass is 398 g/mol. The largest absolute Gasteiger partial charge is 0.493 e. The van der Waals surface area contributed by atoms with E-state index in [4.69, 9.17) is 9.47 Å². The van der Waals surface area contributed by atoms with E-state index in [1.54, 1.807) is 0 Å². The number of ether oxygens (including phenoxy) is 2. The molecule has 0 aliphatic rings. The first kappa shape index (κ1) is 20.6. The fraction of sp³-hybridized carbons (Fsp3) is 0.294. The molecule has 0 bridgehead atoms. The summed E-state index contributed by atoms with van der Waals surface area (Å²) < 4.78 is 50.5. The molecular weight excluding hydrogens is 379 g/mol. The van der Waals surface area contributed by atoms with Crippen molar-refractivity contribution in [2.24, 2.45) is 0 Å². The van der Waals surface area contributed by atoms with Gasteiger partial charge in [0.1, 0.15) is 5.82 Å². The number of aryl methyl sites for hydroxylation is 1. The Labute approximate surface area is 156 Å². The van der Waals surface area contributed by atoms with Crippen molar-refractivity contribution in [3.8, 4) is 11.5 Å². The number of benzene rings is 2. The summed E-state index contributed by atoms with van der Waals surface area (Å²) in [5.74, 6) is -0.0294. The van der Waals surface area contributed by atoms with Gasteiger partial charge in [0.2, 0.25) is 10.0 Å². The van der Waals surface area contributed by atoms with Gasteiger partial charge >= 0.3 is 0 Å². The van der Waals surface area contributed by atoms with Crippen molar-refractivity contribution < 1.29 is 27.2 Å². The van der Waals surface area contributed by atoms with Crippen molar-refractivity contribution in [3.05, 3.63) is 57.4 Å². The summed E-state index contributed by atoms with van der Waals surface area (Å²) in [6.07, 6.45) is 0.0517. The summed E-state index contributed by atoms with van der Waals surface area (Å²) in [7, 11) is -1.12. The summed E-state index contributed by atoms with van der Waals surface area (Å²) in [4.78, 5) is 10.7. The third kappa shape index (κ3) is 4.72. The van der Waals surface area contributed by atoms with Crippen molar-refractivity contribution in [1.82, 2.24) is 4.72 Å². The molecule has 0 atom stereocenters. The van der Waals surface area contributed by atoms with Crippen molar-refractivity contribution in [1.29, 1.82) is 0 Å². The quantitative estimate of drug-likeness (QED) is 0.541. The second-order valence-electron chi connectivity index (χ2n) is 5.65. The van der Waals surface area contributed by atoms with Gasteiger partial charge in [-0.15, -0.1) is 0 Å². The topological polar surface area (TPSA) is 108 Å². The van der Waals surface area contributed by atoms with Gasteiger partial charge in [0.25, 0.3) is 5.69 Å². The molecule has 146 valence electrons. The molecule has 2 rings (SSSR count). The number of nitro groups is 1. The first-order valence-electron chi connectivity index (χ1n) is 7.84. The predicted molar refractivity (Wildman–Crippen MR) is 96.2 cm³/mol. The highest BCUT2D eigenvalue weighted by Crippen LogP contribution is 2.34. The van der Waals surface area contributed by atoms with E-state index in [0.717, 1.165) is 12.1 Å². The van der Waals surface area contributed by atoms with Gasteiger partial charge in [0.15, 0.2) is 11.5 Å². The minimum Gasteiger partial charge on any atom is -0.493 e. The number of nitro benzene ring substituents is 1. The lowest BCUT2D eigenvalue weighted by molar-refractivity contribution is -0.385. The van der Waals surface area contributed by atoms with E-state index in [9.17, 15) is 22.9 Å². The van der Waals surface area contributed by atoms with E-state index in [1.807, 2.05) is 0 Å². The Balaban J connectivity index is 2.22. The van der Waals surface area contributed by atoms with E-state index in [-0.39, 0.29) is 40.4 Å². The smallest absolute Gasteiger partial charge is 0.276 e. The number of nitrogens with zero attached hydrogens (tertiary/aromatic N) is 1. The molecule has 8 nitrogen and oxygen atoms in total. The van der Waals surface area contributed by atoms with Crippen LogP contribution in [0.1, 0.15) is 11.1 Å². The Kier molecular flexibility index (Phi) is 6.34. The summed E-state index contributed by atoms with van der Waals surface area (Å²) in [5.41, 5.74) is 0.348. The average Bonchev–Trinajstić information content (AvgIpc) is 2.60. The van der Waals surface area contributed by atoms with Crippen LogP contribution in [0.3, 0.4) is 0 Å². The van der Waals surface area contributed by atoms with E-state index < -0.39 is 20.8 Å². The molecule has 27 heavy (non-hydrogen) atoms. The van der Waals surface area contributed by atoms with Gasteiger partial charge in [-0.1, -0.05) is 0 Å². The highest BCUT2D eigenvalue weighted by Gasteiger charge is 2.21. The Morgan fingerprint density at radius 3 is 2.33 bits per heavy atom. The minimum absolute atomic E-state index is 0.0503. The minimum atomic E-state index is -3.88. The van der Waals surface area contributed by atoms with Gasteiger partial charge in [-0.3, -0.25) is 10.1 Å². The molecular formula is C17H19FN2O6S. The zero-order valence-electron chi connectivity index (χ0n) is 15.0. The van der Waals surface area contributed by atoms with Gasteiger partial charge in [-0.25, -0.2) is 17.5 Å². The lowest BCUT2D eigenvalue weighted by atomic mass is 10.1. The number of hydrogen-bond acceptors (Lipinski definition) is 6. The number of sulfonamides is 1. The van der Waals surface area contributed by atoms with Crippen LogP contribution in [0.5, 0.6) is 11.5 Å². The predicted octanol–water partition coefficient (Wildman–Crippen LogP) is 2.58. The molecule has 0 heterocycles. The fourth-order valence-corrected chi connectivity index (χ4v) is 3.85. The molecule has 0 aliphatic carbocycles. The Hall–Kier alpha value is -2.72. The van der Waals surface area contributed by atoms with Crippen molar-refractivity contribution >= 4 is 15.7 Å². The molecule has 10 heteroatoms. The third-order valence-corrected chi connectivity index (χ3v) is 5.52. The normalized spacial score (nSPS) is 11.3. The fourth-order valence-electron chi connectivity index (χ4n) is 2.59. The molecule has 0 unspecified atom stereocenters. The number of rotatable bonds is 8. The van der Waals surface area contributed by atoms with E-state index in [0.29, 0.717) is 5.75 Å². The second-order valence-corrected chi connectivity index (χ2v) is 7.39. The highest BCUT2D eigenvalue weighted by molar-refractivity contribution is 7.89. The van der Waals surface area contributed by atoms with Crippen LogP contribution in [0.15, 0.2) is 35.2 Å². The van der Waals surface area contributed by atoms with Gasteiger partial charge in [-0.05, 0) is 43.2 Å². The molecule has 2 aromatic rings. The Morgan fingerprint density at radius 2 is 1.78 bits per heavy atom. The van der Waals surface area contributed by atoms with Gasteiger partial charge < -0.3 is 9.47 Å². The lowest BCUT2D eigenvalue weighted by Gasteiger charge is -2.12. The highest BCUT2D eigenvalue weighted by atomic mass is 32.2. The van der Waals surface area contributed by atoms with Gasteiger partial charge in [0.05, 0.1) is 30.1 Å². The lowest BCUT2D eigenvalue weighted by Crippen LogP contribution is -2.26. The van der Waals surface area contributed by atoms with Crippen molar-refractivity contribution in [3.63, 3.8) is 0 Å². The molecule has 0 fully saturated rings. The van der Waals surface area contributed by atoms with E-state index in [2.05, 4.69) is 4.72 Å². The molecule has 0 radical (unpaired) electrons. The number of nitrogens with one attached hydrogen (secondary N) is 1. The molecule has 0 spiro atoms. The second kappa shape index (κ2) is 8.31. The van der Waals surface area contributed by atoms with Crippen LogP contribution in [-0.2, 0) is 16.4 Å². The third-order valence-electron chi connectivity index (χ3n) is 3.89. The number of halogens is 1. The number of methoxy groups -OCH3 is 2. The molecule has 2 aromatic carbocycles. The van der Waals surface area contributed by atoms with Gasteiger partial charge in [0, 0.05) is 12.1 Å². The van der Waals surface area contributed by atoms with Crippen LogP contribution in [0, 0.1) is 22.9 Å². The van der Waals surface area contributed by atoms with E-state index in [1.165, 1.54) is 39.3 Å². The summed E-state index contributed by atoms with van der Waals surface area (Å²) in [5, 5.41) is 11.3. The Bertz CT molecular complexity index is 962. The average molecular weight is 398 g/mol. The van der Waals surface area contributed by atoms with Gasteiger partial charge in [-0.2, -0.15) is 0 Å².